The molecule has 1 aromatic carbocycles. The van der Waals surface area contributed by atoms with Crippen LogP contribution in [-0.4, -0.2) is 18.4 Å². The summed E-state index contributed by atoms with van der Waals surface area (Å²) in [7, 11) is 0. The van der Waals surface area contributed by atoms with E-state index in [0.717, 1.165) is 19.4 Å². The summed E-state index contributed by atoms with van der Waals surface area (Å²) in [5.41, 5.74) is 3.05. The van der Waals surface area contributed by atoms with Gasteiger partial charge < -0.3 is 5.32 Å². The molecule has 0 bridgehead atoms. The lowest BCUT2D eigenvalue weighted by molar-refractivity contribution is 0.603. The van der Waals surface area contributed by atoms with Crippen molar-refractivity contribution in [2.24, 2.45) is 4.99 Å². The molecular weight excluding hydrogens is 208 g/mol. The van der Waals surface area contributed by atoms with Crippen LogP contribution >= 0.6 is 0 Å². The van der Waals surface area contributed by atoms with Gasteiger partial charge in [0.25, 0.3) is 0 Å². The molecular formula is C15H20N2. The van der Waals surface area contributed by atoms with E-state index in [0.29, 0.717) is 6.04 Å². The summed E-state index contributed by atoms with van der Waals surface area (Å²) in [6.45, 7) is 1.11. The first-order valence-electron chi connectivity index (χ1n) is 6.79. The molecule has 1 fully saturated rings. The van der Waals surface area contributed by atoms with E-state index in [1.165, 1.54) is 42.6 Å². The van der Waals surface area contributed by atoms with Crippen molar-refractivity contribution in [3.05, 3.63) is 35.4 Å². The third kappa shape index (κ3) is 2.51. The minimum Gasteiger partial charge on any atom is -0.374 e. The molecule has 2 nitrogen and oxygen atoms in total. The molecule has 1 aromatic rings. The Morgan fingerprint density at radius 2 is 1.94 bits per heavy atom. The van der Waals surface area contributed by atoms with E-state index >= 15 is 0 Å². The SMILES string of the molecule is c1ccc2c(c1)CCCC(/N=C1\CCCN1)C2. The maximum absolute atomic E-state index is 4.90. The van der Waals surface area contributed by atoms with Crippen molar-refractivity contribution in [1.82, 2.24) is 5.32 Å². The lowest BCUT2D eigenvalue weighted by Gasteiger charge is -2.11. The summed E-state index contributed by atoms with van der Waals surface area (Å²) in [5.74, 6) is 1.24. The minimum atomic E-state index is 0.499. The van der Waals surface area contributed by atoms with Gasteiger partial charge in [-0.15, -0.1) is 0 Å². The van der Waals surface area contributed by atoms with Crippen LogP contribution in [0.25, 0.3) is 0 Å². The first-order valence-corrected chi connectivity index (χ1v) is 6.79. The molecule has 17 heavy (non-hydrogen) atoms. The van der Waals surface area contributed by atoms with E-state index in [1.54, 1.807) is 0 Å². The van der Waals surface area contributed by atoms with Crippen molar-refractivity contribution in [1.29, 1.82) is 0 Å². The molecule has 1 atom stereocenters. The molecule has 1 aliphatic carbocycles. The lowest BCUT2D eigenvalue weighted by Crippen LogP contribution is -2.19. The molecule has 0 amide bonds. The third-order valence-corrected chi connectivity index (χ3v) is 3.82. The van der Waals surface area contributed by atoms with Gasteiger partial charge in [0.15, 0.2) is 0 Å². The zero-order valence-corrected chi connectivity index (χ0v) is 10.3. The first kappa shape index (κ1) is 10.8. The van der Waals surface area contributed by atoms with Crippen molar-refractivity contribution < 1.29 is 0 Å². The molecule has 2 heteroatoms. The summed E-state index contributed by atoms with van der Waals surface area (Å²) in [6, 6.07) is 9.36. The van der Waals surface area contributed by atoms with Gasteiger partial charge in [-0.25, -0.2) is 0 Å². The van der Waals surface area contributed by atoms with Crippen LogP contribution in [0.5, 0.6) is 0 Å². The molecule has 90 valence electrons. The maximum atomic E-state index is 4.90. The fourth-order valence-electron chi connectivity index (χ4n) is 2.90. The molecule has 1 unspecified atom stereocenters. The van der Waals surface area contributed by atoms with Crippen LogP contribution in [-0.2, 0) is 12.8 Å². The molecule has 0 saturated carbocycles. The van der Waals surface area contributed by atoms with Crippen molar-refractivity contribution in [3.63, 3.8) is 0 Å². The largest absolute Gasteiger partial charge is 0.374 e. The van der Waals surface area contributed by atoms with Gasteiger partial charge in [0.05, 0.1) is 11.9 Å². The summed E-state index contributed by atoms with van der Waals surface area (Å²) < 4.78 is 0. The number of aryl methyl sites for hydroxylation is 1. The van der Waals surface area contributed by atoms with Crippen LogP contribution in [0.3, 0.4) is 0 Å². The topological polar surface area (TPSA) is 24.4 Å². The Bertz CT molecular complexity index is 415. The Morgan fingerprint density at radius 1 is 1.06 bits per heavy atom. The van der Waals surface area contributed by atoms with Gasteiger partial charge in [0.2, 0.25) is 0 Å². The highest BCUT2D eigenvalue weighted by Crippen LogP contribution is 2.22. The van der Waals surface area contributed by atoms with E-state index in [9.17, 15) is 0 Å². The number of aliphatic imine (C=N–C) groups is 1. The second kappa shape index (κ2) is 4.91. The molecule has 2 aliphatic rings. The van der Waals surface area contributed by atoms with Gasteiger partial charge in [0, 0.05) is 13.0 Å². The standard InChI is InChI=1S/C15H20N2/c1-2-6-13-11-14(8-3-7-12(13)5-1)17-15-9-4-10-16-15/h1-2,5-6,14H,3-4,7-11H2,(H,16,17). The Balaban J connectivity index is 1.78. The fraction of sp³-hybridized carbons (Fsp3) is 0.533. The number of amidine groups is 1. The van der Waals surface area contributed by atoms with E-state index < -0.39 is 0 Å². The van der Waals surface area contributed by atoms with Gasteiger partial charge in [-0.2, -0.15) is 0 Å². The Kier molecular flexibility index (Phi) is 3.12. The summed E-state index contributed by atoms with van der Waals surface area (Å²) >= 11 is 0. The molecule has 0 aromatic heterocycles. The smallest absolute Gasteiger partial charge is 0.0967 e. The van der Waals surface area contributed by atoms with Crippen molar-refractivity contribution in [2.75, 3.05) is 6.54 Å². The highest BCUT2D eigenvalue weighted by Gasteiger charge is 2.17. The van der Waals surface area contributed by atoms with Gasteiger partial charge in [-0.05, 0) is 43.2 Å². The summed E-state index contributed by atoms with van der Waals surface area (Å²) in [5, 5.41) is 3.40. The normalized spacial score (nSPS) is 26.4. The predicted molar refractivity (Wildman–Crippen MR) is 71.5 cm³/mol. The van der Waals surface area contributed by atoms with E-state index in [-0.39, 0.29) is 0 Å². The highest BCUT2D eigenvalue weighted by molar-refractivity contribution is 5.84. The summed E-state index contributed by atoms with van der Waals surface area (Å²) in [6.07, 6.45) is 7.27. The number of fused-ring (bicyclic) bond motifs is 1. The second-order valence-electron chi connectivity index (χ2n) is 5.13. The van der Waals surface area contributed by atoms with Crippen LogP contribution in [0, 0.1) is 0 Å². The number of hydrogen-bond donors (Lipinski definition) is 1. The van der Waals surface area contributed by atoms with E-state index in [2.05, 4.69) is 29.6 Å². The predicted octanol–water partition coefficient (Wildman–Crippen LogP) is 2.72. The number of benzene rings is 1. The average Bonchev–Trinajstić information content (AvgIpc) is 2.76. The Morgan fingerprint density at radius 3 is 2.76 bits per heavy atom. The molecule has 0 radical (unpaired) electrons. The molecule has 3 rings (SSSR count). The highest BCUT2D eigenvalue weighted by atomic mass is 15.0. The van der Waals surface area contributed by atoms with Gasteiger partial charge in [0.1, 0.15) is 0 Å². The molecule has 1 N–H and O–H groups in total. The van der Waals surface area contributed by atoms with Gasteiger partial charge >= 0.3 is 0 Å². The van der Waals surface area contributed by atoms with Gasteiger partial charge in [-0.3, -0.25) is 4.99 Å². The Labute approximate surface area is 103 Å². The fourth-order valence-corrected chi connectivity index (χ4v) is 2.90. The number of rotatable bonds is 1. The number of nitrogens with zero attached hydrogens (tertiary/aromatic N) is 1. The van der Waals surface area contributed by atoms with E-state index in [4.69, 9.17) is 4.99 Å². The molecule has 1 aliphatic heterocycles. The van der Waals surface area contributed by atoms with Crippen LogP contribution < -0.4 is 5.32 Å². The molecule has 1 saturated heterocycles. The molecule has 1 heterocycles. The molecule has 0 spiro atoms. The van der Waals surface area contributed by atoms with Gasteiger partial charge in [-0.1, -0.05) is 24.3 Å². The second-order valence-corrected chi connectivity index (χ2v) is 5.13. The average molecular weight is 228 g/mol. The van der Waals surface area contributed by atoms with Crippen LogP contribution in [0.4, 0.5) is 0 Å². The minimum absolute atomic E-state index is 0.499. The van der Waals surface area contributed by atoms with Crippen molar-refractivity contribution in [3.8, 4) is 0 Å². The van der Waals surface area contributed by atoms with Crippen LogP contribution in [0.15, 0.2) is 29.3 Å². The lowest BCUT2D eigenvalue weighted by atomic mass is 10.0. The summed E-state index contributed by atoms with van der Waals surface area (Å²) in [4.78, 5) is 4.90. The van der Waals surface area contributed by atoms with Crippen LogP contribution in [0.1, 0.15) is 36.8 Å². The first-order chi connectivity index (χ1) is 8.42. The quantitative estimate of drug-likeness (QED) is 0.734. The zero-order chi connectivity index (χ0) is 11.5. The van der Waals surface area contributed by atoms with E-state index in [1.807, 2.05) is 0 Å². The maximum Gasteiger partial charge on any atom is 0.0967 e. The Hall–Kier alpha value is -1.31. The third-order valence-electron chi connectivity index (χ3n) is 3.82. The number of nitrogens with one attached hydrogen (secondary N) is 1. The van der Waals surface area contributed by atoms with Crippen molar-refractivity contribution in [2.45, 2.75) is 44.6 Å². The zero-order valence-electron chi connectivity index (χ0n) is 10.3. The number of hydrogen-bond acceptors (Lipinski definition) is 1. The van der Waals surface area contributed by atoms with Crippen LogP contribution in [0.2, 0.25) is 0 Å². The van der Waals surface area contributed by atoms with Crippen molar-refractivity contribution >= 4 is 5.84 Å². The monoisotopic (exact) mass is 228 g/mol.